The van der Waals surface area contributed by atoms with Gasteiger partial charge in [-0.25, -0.2) is 0 Å². The third kappa shape index (κ3) is 3.53. The lowest BCUT2D eigenvalue weighted by atomic mass is 10.1. The zero-order chi connectivity index (χ0) is 14.7. The van der Waals surface area contributed by atoms with Gasteiger partial charge in [0.25, 0.3) is 5.91 Å². The average molecular weight is 291 g/mol. The second kappa shape index (κ2) is 6.30. The Kier molecular flexibility index (Phi) is 4.69. The van der Waals surface area contributed by atoms with Gasteiger partial charge in [-0.05, 0) is 36.5 Å². The monoisotopic (exact) mass is 290 g/mol. The van der Waals surface area contributed by atoms with Gasteiger partial charge < -0.3 is 10.6 Å². The summed E-state index contributed by atoms with van der Waals surface area (Å²) in [5.74, 6) is 7.03. The van der Waals surface area contributed by atoms with E-state index in [2.05, 4.69) is 18.8 Å². The second-order valence-corrected chi connectivity index (χ2v) is 5.77. The van der Waals surface area contributed by atoms with Gasteiger partial charge in [-0.15, -0.1) is 0 Å². The highest BCUT2D eigenvalue weighted by Crippen LogP contribution is 2.38. The van der Waals surface area contributed by atoms with E-state index >= 15 is 0 Å². The van der Waals surface area contributed by atoms with Crippen molar-refractivity contribution in [3.8, 4) is 11.8 Å². The van der Waals surface area contributed by atoms with Gasteiger partial charge in [-0.3, -0.25) is 4.79 Å². The molecule has 2 atom stereocenters. The van der Waals surface area contributed by atoms with E-state index in [1.54, 1.807) is 23.1 Å². The van der Waals surface area contributed by atoms with Crippen LogP contribution in [0.4, 0.5) is 0 Å². The molecule has 0 saturated heterocycles. The molecule has 0 radical (unpaired) electrons. The molecule has 0 bridgehead atoms. The van der Waals surface area contributed by atoms with Crippen LogP contribution in [-0.2, 0) is 0 Å². The van der Waals surface area contributed by atoms with Gasteiger partial charge in [0.05, 0.1) is 11.6 Å². The molecule has 0 heterocycles. The van der Waals surface area contributed by atoms with Gasteiger partial charge in [0.15, 0.2) is 0 Å². The Balaban J connectivity index is 2.08. The molecule has 1 amide bonds. The number of nitrogens with zero attached hydrogens (tertiary/aromatic N) is 1. The van der Waals surface area contributed by atoms with Gasteiger partial charge in [-0.2, -0.15) is 0 Å². The third-order valence-corrected chi connectivity index (χ3v) is 3.99. The van der Waals surface area contributed by atoms with E-state index in [0.29, 0.717) is 28.6 Å². The highest BCUT2D eigenvalue weighted by atomic mass is 35.5. The molecular weight excluding hydrogens is 272 g/mol. The lowest BCUT2D eigenvalue weighted by Gasteiger charge is -2.17. The summed E-state index contributed by atoms with van der Waals surface area (Å²) < 4.78 is 0. The fraction of sp³-hybridized carbons (Fsp3) is 0.438. The average Bonchev–Trinajstić information content (AvgIpc) is 3.11. The van der Waals surface area contributed by atoms with Crippen LogP contribution in [0, 0.1) is 23.7 Å². The van der Waals surface area contributed by atoms with Crippen LogP contribution in [0.2, 0.25) is 5.02 Å². The largest absolute Gasteiger partial charge is 0.341 e. The quantitative estimate of drug-likeness (QED) is 0.869. The normalized spacial score (nSPS) is 20.0. The van der Waals surface area contributed by atoms with Gasteiger partial charge in [0, 0.05) is 24.7 Å². The lowest BCUT2D eigenvalue weighted by Crippen LogP contribution is -2.29. The molecule has 1 aromatic rings. The number of nitrogens with two attached hydrogens (primary N) is 1. The molecule has 0 aliphatic heterocycles. The molecule has 2 N–H and O–H groups in total. The molecule has 1 aromatic carbocycles. The van der Waals surface area contributed by atoms with Crippen LogP contribution in [0.15, 0.2) is 18.2 Å². The summed E-state index contributed by atoms with van der Waals surface area (Å²) in [6, 6.07) is 5.21. The third-order valence-electron chi connectivity index (χ3n) is 3.67. The summed E-state index contributed by atoms with van der Waals surface area (Å²) in [5, 5.41) is 0.491. The Morgan fingerprint density at radius 2 is 2.25 bits per heavy atom. The SMILES string of the molecule is CC1CC1CN(C)C(=O)c1ccc(C#CCN)c(Cl)c1. The van der Waals surface area contributed by atoms with Crippen LogP contribution < -0.4 is 5.73 Å². The van der Waals surface area contributed by atoms with Crippen molar-refractivity contribution in [1.82, 2.24) is 4.90 Å². The Bertz CT molecular complexity index is 574. The van der Waals surface area contributed by atoms with Crippen LogP contribution in [-0.4, -0.2) is 30.9 Å². The summed E-state index contributed by atoms with van der Waals surface area (Å²) in [7, 11) is 1.84. The van der Waals surface area contributed by atoms with E-state index in [9.17, 15) is 4.79 Å². The van der Waals surface area contributed by atoms with E-state index in [4.69, 9.17) is 17.3 Å². The molecule has 20 heavy (non-hydrogen) atoms. The van der Waals surface area contributed by atoms with Crippen molar-refractivity contribution < 1.29 is 4.79 Å². The zero-order valence-electron chi connectivity index (χ0n) is 11.8. The fourth-order valence-corrected chi connectivity index (χ4v) is 2.43. The summed E-state index contributed by atoms with van der Waals surface area (Å²) in [5.41, 5.74) is 6.63. The molecule has 0 spiro atoms. The topological polar surface area (TPSA) is 46.3 Å². The van der Waals surface area contributed by atoms with E-state index in [0.717, 1.165) is 12.5 Å². The zero-order valence-corrected chi connectivity index (χ0v) is 12.6. The number of carbonyl (C=O) groups excluding carboxylic acids is 1. The van der Waals surface area contributed by atoms with Gasteiger partial charge in [0.1, 0.15) is 0 Å². The summed E-state index contributed by atoms with van der Waals surface area (Å²) >= 11 is 6.14. The van der Waals surface area contributed by atoms with E-state index in [1.165, 1.54) is 6.42 Å². The van der Waals surface area contributed by atoms with Crippen LogP contribution in [0.5, 0.6) is 0 Å². The minimum absolute atomic E-state index is 0.00401. The maximum Gasteiger partial charge on any atom is 0.253 e. The van der Waals surface area contributed by atoms with Crippen molar-refractivity contribution >= 4 is 17.5 Å². The number of rotatable bonds is 3. The second-order valence-electron chi connectivity index (χ2n) is 5.36. The fourth-order valence-electron chi connectivity index (χ4n) is 2.20. The number of benzene rings is 1. The predicted molar refractivity (Wildman–Crippen MR) is 81.6 cm³/mol. The molecule has 106 valence electrons. The maximum atomic E-state index is 12.3. The summed E-state index contributed by atoms with van der Waals surface area (Å²) in [4.78, 5) is 14.1. The van der Waals surface area contributed by atoms with Crippen LogP contribution >= 0.6 is 11.6 Å². The van der Waals surface area contributed by atoms with Crippen molar-refractivity contribution in [3.63, 3.8) is 0 Å². The molecule has 4 heteroatoms. The number of amides is 1. The smallest absolute Gasteiger partial charge is 0.253 e. The van der Waals surface area contributed by atoms with Crippen LogP contribution in [0.3, 0.4) is 0 Å². The number of hydrogen-bond donors (Lipinski definition) is 1. The van der Waals surface area contributed by atoms with Crippen molar-refractivity contribution in [2.45, 2.75) is 13.3 Å². The van der Waals surface area contributed by atoms with Gasteiger partial charge in [-0.1, -0.05) is 30.4 Å². The van der Waals surface area contributed by atoms with E-state index in [-0.39, 0.29) is 5.91 Å². The first-order valence-electron chi connectivity index (χ1n) is 6.77. The molecule has 1 aliphatic carbocycles. The summed E-state index contributed by atoms with van der Waals surface area (Å²) in [6.07, 6.45) is 1.21. The predicted octanol–water partition coefficient (Wildman–Crippen LogP) is 2.38. The molecular formula is C16H19ClN2O. The minimum atomic E-state index is 0.00401. The molecule has 2 unspecified atom stereocenters. The molecule has 0 aromatic heterocycles. The van der Waals surface area contributed by atoms with E-state index in [1.807, 2.05) is 7.05 Å². The highest BCUT2D eigenvalue weighted by Gasteiger charge is 2.34. The Labute approximate surface area is 125 Å². The first kappa shape index (κ1) is 14.9. The first-order valence-corrected chi connectivity index (χ1v) is 7.14. The standard InChI is InChI=1S/C16H19ClN2O/c1-11-8-14(11)10-19(2)16(20)13-6-5-12(4-3-7-18)15(17)9-13/h5-6,9,11,14H,7-8,10,18H2,1-2H3. The van der Waals surface area contributed by atoms with Crippen molar-refractivity contribution in [3.05, 3.63) is 34.3 Å². The van der Waals surface area contributed by atoms with Crippen LogP contribution in [0.25, 0.3) is 0 Å². The van der Waals surface area contributed by atoms with E-state index < -0.39 is 0 Å². The highest BCUT2D eigenvalue weighted by molar-refractivity contribution is 6.32. The molecule has 3 nitrogen and oxygen atoms in total. The molecule has 2 rings (SSSR count). The summed E-state index contributed by atoms with van der Waals surface area (Å²) in [6.45, 7) is 3.32. The maximum absolute atomic E-state index is 12.3. The van der Waals surface area contributed by atoms with Crippen LogP contribution in [0.1, 0.15) is 29.3 Å². The Morgan fingerprint density at radius 3 is 2.80 bits per heavy atom. The number of hydrogen-bond acceptors (Lipinski definition) is 2. The Morgan fingerprint density at radius 1 is 1.55 bits per heavy atom. The van der Waals surface area contributed by atoms with Crippen molar-refractivity contribution in [1.29, 1.82) is 0 Å². The first-order chi connectivity index (χ1) is 9.52. The number of halogens is 1. The minimum Gasteiger partial charge on any atom is -0.341 e. The van der Waals surface area contributed by atoms with Gasteiger partial charge >= 0.3 is 0 Å². The van der Waals surface area contributed by atoms with Gasteiger partial charge in [0.2, 0.25) is 0 Å². The molecule has 1 fully saturated rings. The Hall–Kier alpha value is -1.50. The van der Waals surface area contributed by atoms with Crippen molar-refractivity contribution in [2.75, 3.05) is 20.1 Å². The molecule has 1 aliphatic rings. The van der Waals surface area contributed by atoms with Crippen molar-refractivity contribution in [2.24, 2.45) is 17.6 Å². The molecule has 1 saturated carbocycles. The number of carbonyl (C=O) groups is 1. The lowest BCUT2D eigenvalue weighted by molar-refractivity contribution is 0.0787.